The number of amides is 1. The summed E-state index contributed by atoms with van der Waals surface area (Å²) in [5.41, 5.74) is 4.68. The summed E-state index contributed by atoms with van der Waals surface area (Å²) in [7, 11) is 0. The standard InChI is InChI=1S/C20H21NO2/c1-12(2)15-10-7-8-13(3)18(15)21-20(22)19-14(4)16-9-5-6-11-17(16)23-19/h5-12H,1-4H3,(H,21,22). The first-order chi connectivity index (χ1) is 11.0. The lowest BCUT2D eigenvalue weighted by atomic mass is 9.98. The maximum absolute atomic E-state index is 12.7. The van der Waals surface area contributed by atoms with Gasteiger partial charge in [-0.05, 0) is 37.0 Å². The van der Waals surface area contributed by atoms with Gasteiger partial charge in [0.05, 0.1) is 0 Å². The summed E-state index contributed by atoms with van der Waals surface area (Å²) in [6.07, 6.45) is 0. The van der Waals surface area contributed by atoms with Crippen molar-refractivity contribution in [3.05, 3.63) is 64.9 Å². The second-order valence-corrected chi connectivity index (χ2v) is 6.20. The average molecular weight is 307 g/mol. The fourth-order valence-electron chi connectivity index (χ4n) is 2.90. The molecule has 3 aromatic rings. The molecule has 0 fully saturated rings. The van der Waals surface area contributed by atoms with Gasteiger partial charge in [0.1, 0.15) is 5.58 Å². The SMILES string of the molecule is Cc1cccc(C(C)C)c1NC(=O)c1oc2ccccc2c1C. The lowest BCUT2D eigenvalue weighted by Gasteiger charge is -2.16. The predicted molar refractivity (Wildman–Crippen MR) is 94.2 cm³/mol. The van der Waals surface area contributed by atoms with Crippen LogP contribution in [-0.4, -0.2) is 5.91 Å². The largest absolute Gasteiger partial charge is 0.451 e. The summed E-state index contributed by atoms with van der Waals surface area (Å²) < 4.78 is 5.76. The fourth-order valence-corrected chi connectivity index (χ4v) is 2.90. The third-order valence-corrected chi connectivity index (χ3v) is 4.22. The minimum Gasteiger partial charge on any atom is -0.451 e. The van der Waals surface area contributed by atoms with Crippen molar-refractivity contribution in [2.45, 2.75) is 33.6 Å². The number of aryl methyl sites for hydroxylation is 2. The zero-order chi connectivity index (χ0) is 16.6. The third kappa shape index (κ3) is 2.74. The van der Waals surface area contributed by atoms with Crippen LogP contribution in [0.5, 0.6) is 0 Å². The summed E-state index contributed by atoms with van der Waals surface area (Å²) in [4.78, 5) is 12.7. The first kappa shape index (κ1) is 15.3. The van der Waals surface area contributed by atoms with Crippen molar-refractivity contribution in [2.75, 3.05) is 5.32 Å². The van der Waals surface area contributed by atoms with Crippen molar-refractivity contribution >= 4 is 22.6 Å². The smallest absolute Gasteiger partial charge is 0.291 e. The quantitative estimate of drug-likeness (QED) is 0.701. The van der Waals surface area contributed by atoms with E-state index in [1.54, 1.807) is 0 Å². The van der Waals surface area contributed by atoms with Gasteiger partial charge in [0.15, 0.2) is 5.76 Å². The number of hydrogen-bond donors (Lipinski definition) is 1. The highest BCUT2D eigenvalue weighted by atomic mass is 16.3. The molecule has 118 valence electrons. The number of furan rings is 1. The molecule has 3 rings (SSSR count). The van der Waals surface area contributed by atoms with E-state index in [1.165, 1.54) is 0 Å². The Labute approximate surface area is 136 Å². The molecule has 1 N–H and O–H groups in total. The average Bonchev–Trinajstić information content (AvgIpc) is 2.86. The van der Waals surface area contributed by atoms with E-state index < -0.39 is 0 Å². The molecule has 23 heavy (non-hydrogen) atoms. The maximum atomic E-state index is 12.7. The van der Waals surface area contributed by atoms with E-state index in [9.17, 15) is 4.79 Å². The van der Waals surface area contributed by atoms with Crippen LogP contribution in [0.25, 0.3) is 11.0 Å². The van der Waals surface area contributed by atoms with E-state index in [0.717, 1.165) is 33.3 Å². The number of anilines is 1. The van der Waals surface area contributed by atoms with Gasteiger partial charge in [0, 0.05) is 16.6 Å². The molecule has 3 heteroatoms. The van der Waals surface area contributed by atoms with Crippen LogP contribution in [0.4, 0.5) is 5.69 Å². The molecular weight excluding hydrogens is 286 g/mol. The zero-order valence-corrected chi connectivity index (χ0v) is 13.9. The molecular formula is C20H21NO2. The van der Waals surface area contributed by atoms with E-state index in [1.807, 2.05) is 50.2 Å². The molecule has 0 unspecified atom stereocenters. The highest BCUT2D eigenvalue weighted by molar-refractivity contribution is 6.07. The highest BCUT2D eigenvalue weighted by Gasteiger charge is 2.19. The number of carbonyl (C=O) groups excluding carboxylic acids is 1. The molecule has 0 aliphatic carbocycles. The van der Waals surface area contributed by atoms with Crippen molar-refractivity contribution in [3.8, 4) is 0 Å². The van der Waals surface area contributed by atoms with Gasteiger partial charge in [0.2, 0.25) is 0 Å². The molecule has 0 bridgehead atoms. The highest BCUT2D eigenvalue weighted by Crippen LogP contribution is 2.30. The molecule has 1 aromatic heterocycles. The number of para-hydroxylation sites is 2. The summed E-state index contributed by atoms with van der Waals surface area (Å²) in [5, 5.41) is 4.02. The fraction of sp³-hybridized carbons (Fsp3) is 0.250. The van der Waals surface area contributed by atoms with E-state index in [4.69, 9.17) is 4.42 Å². The van der Waals surface area contributed by atoms with Gasteiger partial charge in [-0.3, -0.25) is 4.79 Å². The predicted octanol–water partition coefficient (Wildman–Crippen LogP) is 5.43. The Morgan fingerprint density at radius 3 is 2.48 bits per heavy atom. The third-order valence-electron chi connectivity index (χ3n) is 4.22. The second kappa shape index (κ2) is 5.92. The van der Waals surface area contributed by atoms with E-state index >= 15 is 0 Å². The molecule has 1 amide bonds. The van der Waals surface area contributed by atoms with Crippen molar-refractivity contribution in [3.63, 3.8) is 0 Å². The van der Waals surface area contributed by atoms with Crippen LogP contribution < -0.4 is 5.32 Å². The van der Waals surface area contributed by atoms with E-state index in [2.05, 4.69) is 25.2 Å². The summed E-state index contributed by atoms with van der Waals surface area (Å²) >= 11 is 0. The minimum atomic E-state index is -0.199. The first-order valence-electron chi connectivity index (χ1n) is 7.88. The molecule has 0 saturated heterocycles. The van der Waals surface area contributed by atoms with Gasteiger partial charge in [0.25, 0.3) is 5.91 Å². The van der Waals surface area contributed by atoms with Crippen LogP contribution in [0.3, 0.4) is 0 Å². The molecule has 1 heterocycles. The molecule has 0 aliphatic heterocycles. The number of benzene rings is 2. The molecule has 3 nitrogen and oxygen atoms in total. The van der Waals surface area contributed by atoms with Crippen molar-refractivity contribution in [1.82, 2.24) is 0 Å². The Hall–Kier alpha value is -2.55. The van der Waals surface area contributed by atoms with Crippen LogP contribution in [0.1, 0.15) is 47.0 Å². The number of carbonyl (C=O) groups is 1. The van der Waals surface area contributed by atoms with Gasteiger partial charge in [-0.15, -0.1) is 0 Å². The first-order valence-corrected chi connectivity index (χ1v) is 7.88. The van der Waals surface area contributed by atoms with Crippen molar-refractivity contribution in [2.24, 2.45) is 0 Å². The summed E-state index contributed by atoms with van der Waals surface area (Å²) in [6, 6.07) is 13.8. The van der Waals surface area contributed by atoms with E-state index in [0.29, 0.717) is 11.7 Å². The lowest BCUT2D eigenvalue weighted by molar-refractivity contribution is 0.0997. The normalized spacial score (nSPS) is 11.2. The molecule has 0 radical (unpaired) electrons. The van der Waals surface area contributed by atoms with Gasteiger partial charge < -0.3 is 9.73 Å². The van der Waals surface area contributed by atoms with Gasteiger partial charge in [-0.25, -0.2) is 0 Å². The van der Waals surface area contributed by atoms with E-state index in [-0.39, 0.29) is 5.91 Å². The van der Waals surface area contributed by atoms with Crippen LogP contribution >= 0.6 is 0 Å². The van der Waals surface area contributed by atoms with Gasteiger partial charge in [-0.2, -0.15) is 0 Å². The Morgan fingerprint density at radius 2 is 1.78 bits per heavy atom. The summed E-state index contributed by atoms with van der Waals surface area (Å²) in [6.45, 7) is 8.17. The molecule has 0 atom stereocenters. The number of nitrogens with one attached hydrogen (secondary N) is 1. The second-order valence-electron chi connectivity index (χ2n) is 6.20. The Bertz CT molecular complexity index is 874. The van der Waals surface area contributed by atoms with Crippen molar-refractivity contribution in [1.29, 1.82) is 0 Å². The molecule has 0 spiro atoms. The van der Waals surface area contributed by atoms with Crippen LogP contribution in [-0.2, 0) is 0 Å². The van der Waals surface area contributed by atoms with Crippen LogP contribution in [0.2, 0.25) is 0 Å². The van der Waals surface area contributed by atoms with Gasteiger partial charge in [-0.1, -0.05) is 50.2 Å². The number of fused-ring (bicyclic) bond motifs is 1. The van der Waals surface area contributed by atoms with Crippen LogP contribution in [0.15, 0.2) is 46.9 Å². The molecule has 0 saturated carbocycles. The zero-order valence-electron chi connectivity index (χ0n) is 13.9. The Kier molecular flexibility index (Phi) is 3.95. The Balaban J connectivity index is 2.00. The summed E-state index contributed by atoms with van der Waals surface area (Å²) in [5.74, 6) is 0.515. The van der Waals surface area contributed by atoms with Gasteiger partial charge >= 0.3 is 0 Å². The van der Waals surface area contributed by atoms with Crippen LogP contribution in [0, 0.1) is 13.8 Å². The Morgan fingerprint density at radius 1 is 1.04 bits per heavy atom. The minimum absolute atomic E-state index is 0.199. The maximum Gasteiger partial charge on any atom is 0.291 e. The number of hydrogen-bond acceptors (Lipinski definition) is 2. The number of rotatable bonds is 3. The topological polar surface area (TPSA) is 42.2 Å². The lowest BCUT2D eigenvalue weighted by Crippen LogP contribution is -2.15. The molecule has 2 aromatic carbocycles. The van der Waals surface area contributed by atoms with Crippen molar-refractivity contribution < 1.29 is 9.21 Å². The monoisotopic (exact) mass is 307 g/mol. The molecule has 0 aliphatic rings.